The van der Waals surface area contributed by atoms with E-state index in [-0.39, 0.29) is 5.97 Å². The average Bonchev–Trinajstić information content (AvgIpc) is 2.44. The molecular weight excluding hydrogens is 184 g/mol. The fourth-order valence-corrected chi connectivity index (χ4v) is 1.78. The molecule has 0 spiro atoms. The zero-order chi connectivity index (χ0) is 10.4. The van der Waals surface area contributed by atoms with Gasteiger partial charge in [-0.1, -0.05) is 0 Å². The predicted octanol–water partition coefficient (Wildman–Crippen LogP) is -0.582. The van der Waals surface area contributed by atoms with Crippen LogP contribution in [-0.4, -0.2) is 38.1 Å². The summed E-state index contributed by atoms with van der Waals surface area (Å²) in [6.45, 7) is 1.59. The van der Waals surface area contributed by atoms with E-state index in [4.69, 9.17) is 4.74 Å². The van der Waals surface area contributed by atoms with Crippen molar-refractivity contribution in [2.24, 2.45) is 0 Å². The van der Waals surface area contributed by atoms with Gasteiger partial charge in [0.15, 0.2) is 0 Å². The van der Waals surface area contributed by atoms with Crippen LogP contribution in [0.3, 0.4) is 0 Å². The number of amides is 1. The Kier molecular flexibility index (Phi) is 3.88. The highest BCUT2D eigenvalue weighted by molar-refractivity contribution is 5.83. The second kappa shape index (κ2) is 4.95. The van der Waals surface area contributed by atoms with E-state index in [0.717, 1.165) is 19.5 Å². The molecule has 1 amide bonds. The van der Waals surface area contributed by atoms with Crippen molar-refractivity contribution >= 4 is 12.4 Å². The van der Waals surface area contributed by atoms with E-state index in [9.17, 15) is 9.59 Å². The zero-order valence-corrected chi connectivity index (χ0v) is 8.34. The third kappa shape index (κ3) is 2.23. The molecule has 80 valence electrons. The summed E-state index contributed by atoms with van der Waals surface area (Å²) in [5, 5.41) is 5.77. The lowest BCUT2D eigenvalue weighted by molar-refractivity contribution is -0.150. The summed E-state index contributed by atoms with van der Waals surface area (Å²) in [7, 11) is 1.34. The van der Waals surface area contributed by atoms with E-state index >= 15 is 0 Å². The Morgan fingerprint density at radius 1 is 1.50 bits per heavy atom. The molecule has 1 aliphatic heterocycles. The standard InChI is InChI=1S/C9H16N2O3/c1-14-8(13)9(11-7-12)3-2-5-10-6-4-9/h7,10H,2-6H2,1H3,(H,11,12). The summed E-state index contributed by atoms with van der Waals surface area (Å²) in [5.41, 5.74) is -0.819. The fourth-order valence-electron chi connectivity index (χ4n) is 1.78. The van der Waals surface area contributed by atoms with Gasteiger partial charge in [0.25, 0.3) is 0 Å². The van der Waals surface area contributed by atoms with Gasteiger partial charge in [0, 0.05) is 0 Å². The Morgan fingerprint density at radius 2 is 2.29 bits per heavy atom. The maximum absolute atomic E-state index is 11.6. The molecule has 0 aliphatic carbocycles. The van der Waals surface area contributed by atoms with Crippen LogP contribution in [0, 0.1) is 0 Å². The molecule has 0 aromatic carbocycles. The Bertz CT molecular complexity index is 210. The minimum Gasteiger partial charge on any atom is -0.467 e. The maximum Gasteiger partial charge on any atom is 0.331 e. The largest absolute Gasteiger partial charge is 0.467 e. The van der Waals surface area contributed by atoms with E-state index in [1.54, 1.807) is 0 Å². The van der Waals surface area contributed by atoms with Gasteiger partial charge >= 0.3 is 5.97 Å². The molecule has 0 radical (unpaired) electrons. The van der Waals surface area contributed by atoms with Crippen LogP contribution in [-0.2, 0) is 14.3 Å². The third-order valence-corrected chi connectivity index (χ3v) is 2.60. The van der Waals surface area contributed by atoms with Gasteiger partial charge < -0.3 is 15.4 Å². The summed E-state index contributed by atoms with van der Waals surface area (Å²) in [4.78, 5) is 22.0. The molecule has 1 aliphatic rings. The van der Waals surface area contributed by atoms with Crippen LogP contribution in [0.1, 0.15) is 19.3 Å². The first-order chi connectivity index (χ1) is 6.75. The summed E-state index contributed by atoms with van der Waals surface area (Å²) < 4.78 is 4.71. The van der Waals surface area contributed by atoms with Crippen molar-refractivity contribution in [3.63, 3.8) is 0 Å². The first kappa shape index (κ1) is 11.0. The summed E-state index contributed by atoms with van der Waals surface area (Å²) in [5.74, 6) is -0.353. The highest BCUT2D eigenvalue weighted by atomic mass is 16.5. The van der Waals surface area contributed by atoms with Gasteiger partial charge in [-0.25, -0.2) is 4.79 Å². The quantitative estimate of drug-likeness (QED) is 0.472. The molecule has 5 heteroatoms. The number of hydrogen-bond donors (Lipinski definition) is 2. The summed E-state index contributed by atoms with van der Waals surface area (Å²) >= 11 is 0. The fraction of sp³-hybridized carbons (Fsp3) is 0.778. The number of ether oxygens (including phenoxy) is 1. The minimum atomic E-state index is -0.819. The van der Waals surface area contributed by atoms with Gasteiger partial charge in [-0.2, -0.15) is 0 Å². The monoisotopic (exact) mass is 200 g/mol. The topological polar surface area (TPSA) is 67.4 Å². The Balaban J connectivity index is 2.76. The van der Waals surface area contributed by atoms with Crippen molar-refractivity contribution in [3.8, 4) is 0 Å². The molecule has 1 rings (SSSR count). The van der Waals surface area contributed by atoms with E-state index < -0.39 is 5.54 Å². The SMILES string of the molecule is COC(=O)C1(NC=O)CCCNCC1. The first-order valence-corrected chi connectivity index (χ1v) is 4.76. The molecule has 1 fully saturated rings. The van der Waals surface area contributed by atoms with Crippen LogP contribution in [0.15, 0.2) is 0 Å². The molecule has 0 aromatic rings. The van der Waals surface area contributed by atoms with Gasteiger partial charge in [0.2, 0.25) is 6.41 Å². The van der Waals surface area contributed by atoms with E-state index in [1.807, 2.05) is 0 Å². The van der Waals surface area contributed by atoms with E-state index in [1.165, 1.54) is 7.11 Å². The Hall–Kier alpha value is -1.10. The molecule has 1 atom stereocenters. The highest BCUT2D eigenvalue weighted by Crippen LogP contribution is 2.20. The number of hydrogen-bond acceptors (Lipinski definition) is 4. The number of carbonyl (C=O) groups is 2. The number of carbonyl (C=O) groups excluding carboxylic acids is 2. The van der Waals surface area contributed by atoms with Crippen molar-refractivity contribution in [1.82, 2.24) is 10.6 Å². The number of nitrogens with one attached hydrogen (secondary N) is 2. The molecule has 0 bridgehead atoms. The van der Waals surface area contributed by atoms with Crippen LogP contribution in [0.4, 0.5) is 0 Å². The predicted molar refractivity (Wildman–Crippen MR) is 50.7 cm³/mol. The van der Waals surface area contributed by atoms with Crippen molar-refractivity contribution in [1.29, 1.82) is 0 Å². The molecule has 2 N–H and O–H groups in total. The average molecular weight is 200 g/mol. The van der Waals surface area contributed by atoms with Crippen LogP contribution >= 0.6 is 0 Å². The Labute approximate surface area is 83.2 Å². The second-order valence-corrected chi connectivity index (χ2v) is 3.44. The van der Waals surface area contributed by atoms with Crippen molar-refractivity contribution < 1.29 is 14.3 Å². The number of esters is 1. The lowest BCUT2D eigenvalue weighted by atomic mass is 9.91. The van der Waals surface area contributed by atoms with Crippen LogP contribution in [0.25, 0.3) is 0 Å². The highest BCUT2D eigenvalue weighted by Gasteiger charge is 2.39. The van der Waals surface area contributed by atoms with Crippen molar-refractivity contribution in [3.05, 3.63) is 0 Å². The van der Waals surface area contributed by atoms with Crippen molar-refractivity contribution in [2.75, 3.05) is 20.2 Å². The van der Waals surface area contributed by atoms with E-state index in [2.05, 4.69) is 10.6 Å². The molecule has 5 nitrogen and oxygen atoms in total. The number of methoxy groups -OCH3 is 1. The molecule has 0 saturated carbocycles. The lowest BCUT2D eigenvalue weighted by Crippen LogP contribution is -2.52. The molecule has 14 heavy (non-hydrogen) atoms. The van der Waals surface area contributed by atoms with Crippen molar-refractivity contribution in [2.45, 2.75) is 24.8 Å². The first-order valence-electron chi connectivity index (χ1n) is 4.76. The van der Waals surface area contributed by atoms with E-state index in [0.29, 0.717) is 19.3 Å². The van der Waals surface area contributed by atoms with Gasteiger partial charge in [0.05, 0.1) is 7.11 Å². The normalized spacial score (nSPS) is 27.5. The van der Waals surface area contributed by atoms with Gasteiger partial charge in [-0.3, -0.25) is 4.79 Å². The molecule has 1 saturated heterocycles. The summed E-state index contributed by atoms with van der Waals surface area (Å²) in [6, 6.07) is 0. The molecule has 1 heterocycles. The smallest absolute Gasteiger partial charge is 0.331 e. The minimum absolute atomic E-state index is 0.353. The Morgan fingerprint density at radius 3 is 2.93 bits per heavy atom. The van der Waals surface area contributed by atoms with Gasteiger partial charge in [-0.05, 0) is 32.4 Å². The number of rotatable bonds is 3. The maximum atomic E-state index is 11.6. The second-order valence-electron chi connectivity index (χ2n) is 3.44. The lowest BCUT2D eigenvalue weighted by Gasteiger charge is -2.28. The molecule has 0 aromatic heterocycles. The van der Waals surface area contributed by atoms with Gasteiger partial charge in [-0.15, -0.1) is 0 Å². The third-order valence-electron chi connectivity index (χ3n) is 2.60. The van der Waals surface area contributed by atoms with Crippen LogP contribution < -0.4 is 10.6 Å². The summed E-state index contributed by atoms with van der Waals surface area (Å²) in [6.07, 6.45) is 2.64. The zero-order valence-electron chi connectivity index (χ0n) is 8.34. The van der Waals surface area contributed by atoms with Crippen LogP contribution in [0.5, 0.6) is 0 Å². The molecule has 1 unspecified atom stereocenters. The molecular formula is C9H16N2O3. The van der Waals surface area contributed by atoms with Crippen LogP contribution in [0.2, 0.25) is 0 Å². The van der Waals surface area contributed by atoms with Gasteiger partial charge in [0.1, 0.15) is 5.54 Å².